The second-order valence-electron chi connectivity index (χ2n) is 5.33. The minimum absolute atomic E-state index is 0.488. The monoisotopic (exact) mass is 382 g/mol. The Morgan fingerprint density at radius 3 is 2.50 bits per heavy atom. The number of halogens is 1. The minimum Gasteiger partial charge on any atom is -0.493 e. The van der Waals surface area contributed by atoms with Crippen molar-refractivity contribution in [2.24, 2.45) is 0 Å². The molecular formula is C20H15ClN2O2S. The largest absolute Gasteiger partial charge is 0.493 e. The van der Waals surface area contributed by atoms with E-state index in [0.717, 1.165) is 16.8 Å². The van der Waals surface area contributed by atoms with Crippen LogP contribution in [-0.4, -0.2) is 19.2 Å². The Bertz CT molecular complexity index is 988. The van der Waals surface area contributed by atoms with E-state index in [1.165, 1.54) is 11.3 Å². The summed E-state index contributed by atoms with van der Waals surface area (Å²) in [7, 11) is 3.16. The van der Waals surface area contributed by atoms with E-state index >= 15 is 0 Å². The molecule has 0 fully saturated rings. The van der Waals surface area contributed by atoms with Crippen LogP contribution in [0.4, 0.5) is 0 Å². The van der Waals surface area contributed by atoms with Gasteiger partial charge in [-0.25, -0.2) is 4.98 Å². The third kappa shape index (κ3) is 3.88. The van der Waals surface area contributed by atoms with Crippen LogP contribution >= 0.6 is 22.9 Å². The molecule has 0 saturated heterocycles. The fraction of sp³-hybridized carbons (Fsp3) is 0.100. The van der Waals surface area contributed by atoms with E-state index in [0.29, 0.717) is 27.1 Å². The van der Waals surface area contributed by atoms with Gasteiger partial charge in [-0.1, -0.05) is 29.8 Å². The average molecular weight is 383 g/mol. The molecule has 0 aliphatic rings. The van der Waals surface area contributed by atoms with Gasteiger partial charge in [-0.15, -0.1) is 11.3 Å². The number of hydrogen-bond acceptors (Lipinski definition) is 5. The van der Waals surface area contributed by atoms with Gasteiger partial charge in [-0.05, 0) is 35.9 Å². The zero-order chi connectivity index (χ0) is 18.5. The van der Waals surface area contributed by atoms with Crippen LogP contribution in [0, 0.1) is 11.3 Å². The summed E-state index contributed by atoms with van der Waals surface area (Å²) >= 11 is 7.35. The SMILES string of the molecule is COc1ccc(C=C(C#N)c2nc(-c3ccc(Cl)cc3)cs2)cc1OC. The van der Waals surface area contributed by atoms with E-state index in [4.69, 9.17) is 21.1 Å². The van der Waals surface area contributed by atoms with Crippen LogP contribution in [0.25, 0.3) is 22.9 Å². The predicted octanol–water partition coefficient (Wildman–Crippen LogP) is 5.54. The first-order valence-corrected chi connectivity index (χ1v) is 8.96. The van der Waals surface area contributed by atoms with E-state index in [2.05, 4.69) is 11.1 Å². The molecule has 2 aromatic carbocycles. The summed E-state index contributed by atoms with van der Waals surface area (Å²) in [5.74, 6) is 1.25. The molecule has 0 radical (unpaired) electrons. The summed E-state index contributed by atoms with van der Waals surface area (Å²) in [5.41, 5.74) is 3.10. The summed E-state index contributed by atoms with van der Waals surface area (Å²) in [6, 6.07) is 15.2. The molecule has 0 amide bonds. The summed E-state index contributed by atoms with van der Waals surface area (Å²) in [6.07, 6.45) is 1.78. The molecule has 0 aliphatic carbocycles. The van der Waals surface area contributed by atoms with Crippen molar-refractivity contribution in [3.8, 4) is 28.8 Å². The van der Waals surface area contributed by atoms with Crippen molar-refractivity contribution in [1.82, 2.24) is 4.98 Å². The third-order valence-corrected chi connectivity index (χ3v) is 4.84. The number of nitrogens with zero attached hydrogens (tertiary/aromatic N) is 2. The maximum absolute atomic E-state index is 9.56. The van der Waals surface area contributed by atoms with Crippen molar-refractivity contribution in [3.05, 3.63) is 63.4 Å². The number of methoxy groups -OCH3 is 2. The lowest BCUT2D eigenvalue weighted by molar-refractivity contribution is 0.355. The molecule has 0 unspecified atom stereocenters. The van der Waals surface area contributed by atoms with Crippen molar-refractivity contribution in [2.75, 3.05) is 14.2 Å². The molecule has 130 valence electrons. The van der Waals surface area contributed by atoms with Gasteiger partial charge in [0, 0.05) is 16.0 Å². The van der Waals surface area contributed by atoms with Gasteiger partial charge in [-0.2, -0.15) is 5.26 Å². The van der Waals surface area contributed by atoms with Gasteiger partial charge in [0.05, 0.1) is 25.5 Å². The Morgan fingerprint density at radius 2 is 1.85 bits per heavy atom. The van der Waals surface area contributed by atoms with Crippen molar-refractivity contribution in [2.45, 2.75) is 0 Å². The maximum atomic E-state index is 9.56. The standard InChI is InChI=1S/C20H15ClN2O2S/c1-24-18-8-3-13(10-19(18)25-2)9-15(11-22)20-23-17(12-26-20)14-4-6-16(21)7-5-14/h3-10,12H,1-2H3. The maximum Gasteiger partial charge on any atom is 0.161 e. The molecule has 6 heteroatoms. The number of ether oxygens (including phenoxy) is 2. The fourth-order valence-electron chi connectivity index (χ4n) is 2.40. The number of rotatable bonds is 5. The van der Waals surface area contributed by atoms with E-state index in [1.54, 1.807) is 26.4 Å². The molecule has 3 rings (SSSR count). The number of hydrogen-bond donors (Lipinski definition) is 0. The molecule has 0 atom stereocenters. The van der Waals surface area contributed by atoms with Crippen LogP contribution in [0.3, 0.4) is 0 Å². The number of nitriles is 1. The number of allylic oxidation sites excluding steroid dienone is 1. The van der Waals surface area contributed by atoms with E-state index in [9.17, 15) is 5.26 Å². The van der Waals surface area contributed by atoms with Gasteiger partial charge >= 0.3 is 0 Å². The Morgan fingerprint density at radius 1 is 1.12 bits per heavy atom. The van der Waals surface area contributed by atoms with Gasteiger partial charge in [0.2, 0.25) is 0 Å². The zero-order valence-electron chi connectivity index (χ0n) is 14.2. The Hall–Kier alpha value is -2.81. The van der Waals surface area contributed by atoms with Gasteiger partial charge in [0.15, 0.2) is 11.5 Å². The Balaban J connectivity index is 1.93. The van der Waals surface area contributed by atoms with Crippen molar-refractivity contribution >= 4 is 34.6 Å². The normalized spacial score (nSPS) is 11.1. The van der Waals surface area contributed by atoms with Crippen molar-refractivity contribution in [1.29, 1.82) is 5.26 Å². The molecule has 3 aromatic rings. The molecular weight excluding hydrogens is 368 g/mol. The molecule has 0 bridgehead atoms. The van der Waals surface area contributed by atoms with Crippen LogP contribution in [0.15, 0.2) is 47.8 Å². The highest BCUT2D eigenvalue weighted by molar-refractivity contribution is 7.11. The van der Waals surface area contributed by atoms with Crippen molar-refractivity contribution < 1.29 is 9.47 Å². The molecule has 0 saturated carbocycles. The van der Waals surface area contributed by atoms with Crippen LogP contribution < -0.4 is 9.47 Å². The van der Waals surface area contributed by atoms with Gasteiger partial charge in [0.1, 0.15) is 11.1 Å². The van der Waals surface area contributed by atoms with Crippen LogP contribution in [0.2, 0.25) is 5.02 Å². The van der Waals surface area contributed by atoms with E-state index in [1.807, 2.05) is 41.8 Å². The van der Waals surface area contributed by atoms with Crippen LogP contribution in [-0.2, 0) is 0 Å². The summed E-state index contributed by atoms with van der Waals surface area (Å²) in [5, 5.41) is 12.8. The first-order chi connectivity index (χ1) is 12.6. The van der Waals surface area contributed by atoms with Crippen LogP contribution in [0.1, 0.15) is 10.6 Å². The molecule has 0 N–H and O–H groups in total. The molecule has 0 aliphatic heterocycles. The summed E-state index contributed by atoms with van der Waals surface area (Å²) < 4.78 is 10.5. The van der Waals surface area contributed by atoms with Crippen molar-refractivity contribution in [3.63, 3.8) is 0 Å². The van der Waals surface area contributed by atoms with E-state index < -0.39 is 0 Å². The highest BCUT2D eigenvalue weighted by Crippen LogP contribution is 2.31. The predicted molar refractivity (Wildman–Crippen MR) is 106 cm³/mol. The fourth-order valence-corrected chi connectivity index (χ4v) is 3.32. The molecule has 1 aromatic heterocycles. The topological polar surface area (TPSA) is 55.1 Å². The first kappa shape index (κ1) is 18.0. The second-order valence-corrected chi connectivity index (χ2v) is 6.62. The van der Waals surface area contributed by atoms with Gasteiger partial charge in [-0.3, -0.25) is 0 Å². The number of benzene rings is 2. The van der Waals surface area contributed by atoms with E-state index in [-0.39, 0.29) is 0 Å². The van der Waals surface area contributed by atoms with Gasteiger partial charge < -0.3 is 9.47 Å². The Kier molecular flexibility index (Phi) is 5.57. The lowest BCUT2D eigenvalue weighted by Crippen LogP contribution is -1.91. The molecule has 4 nitrogen and oxygen atoms in total. The third-order valence-electron chi connectivity index (χ3n) is 3.71. The average Bonchev–Trinajstić information content (AvgIpc) is 3.16. The molecule has 26 heavy (non-hydrogen) atoms. The Labute approximate surface area is 160 Å². The zero-order valence-corrected chi connectivity index (χ0v) is 15.8. The molecule has 1 heterocycles. The first-order valence-electron chi connectivity index (χ1n) is 7.70. The highest BCUT2D eigenvalue weighted by Gasteiger charge is 2.10. The summed E-state index contributed by atoms with van der Waals surface area (Å²) in [4.78, 5) is 4.58. The number of thiazole rings is 1. The quantitative estimate of drug-likeness (QED) is 0.543. The molecule has 0 spiro atoms. The van der Waals surface area contributed by atoms with Crippen LogP contribution in [0.5, 0.6) is 11.5 Å². The summed E-state index contributed by atoms with van der Waals surface area (Å²) in [6.45, 7) is 0. The van der Waals surface area contributed by atoms with Gasteiger partial charge in [0.25, 0.3) is 0 Å². The highest BCUT2D eigenvalue weighted by atomic mass is 35.5. The minimum atomic E-state index is 0.488. The lowest BCUT2D eigenvalue weighted by atomic mass is 10.1. The number of aromatic nitrogens is 1. The second kappa shape index (κ2) is 8.05. The smallest absolute Gasteiger partial charge is 0.161 e. The lowest BCUT2D eigenvalue weighted by Gasteiger charge is -2.07.